The first kappa shape index (κ1) is 18.7. The van der Waals surface area contributed by atoms with Crippen LogP contribution in [-0.2, 0) is 9.53 Å². The fraction of sp³-hybridized carbons (Fsp3) is 0.929. The third kappa shape index (κ3) is 7.75. The van der Waals surface area contributed by atoms with Crippen molar-refractivity contribution in [1.82, 2.24) is 4.90 Å². The topological polar surface area (TPSA) is 55.6 Å². The second kappa shape index (κ2) is 10.5. The Morgan fingerprint density at radius 3 is 2.79 bits per heavy atom. The molecule has 1 fully saturated rings. The van der Waals surface area contributed by atoms with Gasteiger partial charge < -0.3 is 15.4 Å². The largest absolute Gasteiger partial charge is 0.378 e. The molecule has 0 bridgehead atoms. The van der Waals surface area contributed by atoms with Crippen LogP contribution in [0.4, 0.5) is 0 Å². The number of ether oxygens (including phenoxy) is 1. The molecule has 4 nitrogen and oxygen atoms in total. The van der Waals surface area contributed by atoms with Crippen molar-refractivity contribution >= 4 is 18.3 Å². The van der Waals surface area contributed by atoms with E-state index >= 15 is 0 Å². The number of rotatable bonds is 6. The van der Waals surface area contributed by atoms with Crippen molar-refractivity contribution in [3.05, 3.63) is 0 Å². The summed E-state index contributed by atoms with van der Waals surface area (Å²) in [6.07, 6.45) is 5.88. The molecule has 2 atom stereocenters. The van der Waals surface area contributed by atoms with Crippen LogP contribution >= 0.6 is 12.4 Å². The fourth-order valence-electron chi connectivity index (χ4n) is 2.28. The molecule has 2 unspecified atom stereocenters. The van der Waals surface area contributed by atoms with Gasteiger partial charge in [-0.15, -0.1) is 12.4 Å². The maximum Gasteiger partial charge on any atom is 0.222 e. The Morgan fingerprint density at radius 1 is 1.42 bits per heavy atom. The van der Waals surface area contributed by atoms with E-state index in [1.807, 2.05) is 11.8 Å². The van der Waals surface area contributed by atoms with Crippen molar-refractivity contribution in [2.45, 2.75) is 64.5 Å². The van der Waals surface area contributed by atoms with Gasteiger partial charge in [-0.3, -0.25) is 4.79 Å². The van der Waals surface area contributed by atoms with Crippen molar-refractivity contribution in [3.63, 3.8) is 0 Å². The number of carbonyl (C=O) groups excluding carboxylic acids is 1. The molecule has 0 aliphatic carbocycles. The van der Waals surface area contributed by atoms with Gasteiger partial charge in [0.1, 0.15) is 0 Å². The van der Waals surface area contributed by atoms with Crippen molar-refractivity contribution in [1.29, 1.82) is 0 Å². The average molecular weight is 293 g/mol. The molecule has 19 heavy (non-hydrogen) atoms. The minimum Gasteiger partial charge on any atom is -0.378 e. The van der Waals surface area contributed by atoms with E-state index in [-0.39, 0.29) is 24.4 Å². The molecule has 1 rings (SSSR count). The average Bonchev–Trinajstić information content (AvgIpc) is 2.58. The SMILES string of the molecule is CCCOC1CCCN(C(=O)CCC(C)N)CC1.Cl. The summed E-state index contributed by atoms with van der Waals surface area (Å²) in [4.78, 5) is 14.0. The van der Waals surface area contributed by atoms with Gasteiger partial charge in [0.15, 0.2) is 0 Å². The monoisotopic (exact) mass is 292 g/mol. The Hall–Kier alpha value is -0.320. The molecule has 1 heterocycles. The lowest BCUT2D eigenvalue weighted by Crippen LogP contribution is -2.33. The molecule has 0 aromatic rings. The zero-order valence-corrected chi connectivity index (χ0v) is 13.1. The molecule has 1 aliphatic rings. The van der Waals surface area contributed by atoms with E-state index in [0.29, 0.717) is 12.5 Å². The van der Waals surface area contributed by atoms with E-state index < -0.39 is 0 Å². The highest BCUT2D eigenvalue weighted by molar-refractivity contribution is 5.85. The predicted molar refractivity (Wildman–Crippen MR) is 80.6 cm³/mol. The van der Waals surface area contributed by atoms with Crippen LogP contribution in [0.25, 0.3) is 0 Å². The molecule has 114 valence electrons. The molecule has 1 amide bonds. The van der Waals surface area contributed by atoms with Gasteiger partial charge in [0.25, 0.3) is 0 Å². The van der Waals surface area contributed by atoms with Crippen molar-refractivity contribution in [3.8, 4) is 0 Å². The Kier molecular flexibility index (Phi) is 10.3. The number of nitrogens with zero attached hydrogens (tertiary/aromatic N) is 1. The molecule has 0 aromatic heterocycles. The molecule has 1 aliphatic heterocycles. The third-order valence-electron chi connectivity index (χ3n) is 3.40. The Morgan fingerprint density at radius 2 is 2.16 bits per heavy atom. The standard InChI is InChI=1S/C14H28N2O2.ClH/c1-3-11-18-13-5-4-9-16(10-8-13)14(17)7-6-12(2)15;/h12-13H,3-11,15H2,1-2H3;1H. The highest BCUT2D eigenvalue weighted by atomic mass is 35.5. The van der Waals surface area contributed by atoms with Gasteiger partial charge in [-0.2, -0.15) is 0 Å². The quantitative estimate of drug-likeness (QED) is 0.817. The minimum absolute atomic E-state index is 0. The molecule has 2 N–H and O–H groups in total. The molecule has 0 radical (unpaired) electrons. The summed E-state index contributed by atoms with van der Waals surface area (Å²) < 4.78 is 5.78. The first-order valence-corrected chi connectivity index (χ1v) is 7.28. The maximum absolute atomic E-state index is 12.0. The molecule has 5 heteroatoms. The third-order valence-corrected chi connectivity index (χ3v) is 3.40. The van der Waals surface area contributed by atoms with E-state index in [1.165, 1.54) is 0 Å². The minimum atomic E-state index is 0. The van der Waals surface area contributed by atoms with Crippen LogP contribution in [-0.4, -0.2) is 42.6 Å². The highest BCUT2D eigenvalue weighted by Gasteiger charge is 2.20. The summed E-state index contributed by atoms with van der Waals surface area (Å²) in [6.45, 7) is 6.63. The van der Waals surface area contributed by atoms with Crippen LogP contribution in [0.15, 0.2) is 0 Å². The predicted octanol–water partition coefficient (Wildman–Crippen LogP) is 2.34. The Bertz CT molecular complexity index is 250. The van der Waals surface area contributed by atoms with Gasteiger partial charge in [0.2, 0.25) is 5.91 Å². The van der Waals surface area contributed by atoms with Crippen molar-refractivity contribution in [2.75, 3.05) is 19.7 Å². The van der Waals surface area contributed by atoms with Crippen molar-refractivity contribution < 1.29 is 9.53 Å². The number of amides is 1. The number of likely N-dealkylation sites (tertiary alicyclic amines) is 1. The van der Waals surface area contributed by atoms with E-state index in [9.17, 15) is 4.79 Å². The van der Waals surface area contributed by atoms with E-state index in [1.54, 1.807) is 0 Å². The number of nitrogens with two attached hydrogens (primary N) is 1. The van der Waals surface area contributed by atoms with Gasteiger partial charge in [0, 0.05) is 32.2 Å². The zero-order chi connectivity index (χ0) is 13.4. The van der Waals surface area contributed by atoms with Crippen LogP contribution < -0.4 is 5.73 Å². The smallest absolute Gasteiger partial charge is 0.222 e. The number of halogens is 1. The zero-order valence-electron chi connectivity index (χ0n) is 12.3. The van der Waals surface area contributed by atoms with Crippen LogP contribution in [0.2, 0.25) is 0 Å². The Balaban J connectivity index is 0.00000324. The second-order valence-corrected chi connectivity index (χ2v) is 5.32. The first-order chi connectivity index (χ1) is 8.63. The summed E-state index contributed by atoms with van der Waals surface area (Å²) in [7, 11) is 0. The second-order valence-electron chi connectivity index (χ2n) is 5.32. The van der Waals surface area contributed by atoms with Gasteiger partial charge in [0.05, 0.1) is 6.10 Å². The van der Waals surface area contributed by atoms with Gasteiger partial charge in [-0.05, 0) is 39.0 Å². The van der Waals surface area contributed by atoms with E-state index in [4.69, 9.17) is 10.5 Å². The lowest BCUT2D eigenvalue weighted by molar-refractivity contribution is -0.131. The molecule has 1 saturated heterocycles. The van der Waals surface area contributed by atoms with Crippen LogP contribution in [0.5, 0.6) is 0 Å². The van der Waals surface area contributed by atoms with Gasteiger partial charge in [-0.25, -0.2) is 0 Å². The number of hydrogen-bond donors (Lipinski definition) is 1. The van der Waals surface area contributed by atoms with Gasteiger partial charge in [-0.1, -0.05) is 6.92 Å². The lowest BCUT2D eigenvalue weighted by atomic mass is 10.1. The van der Waals surface area contributed by atoms with Gasteiger partial charge >= 0.3 is 0 Å². The highest BCUT2D eigenvalue weighted by Crippen LogP contribution is 2.15. The molecule has 0 spiro atoms. The summed E-state index contributed by atoms with van der Waals surface area (Å²) >= 11 is 0. The number of hydrogen-bond acceptors (Lipinski definition) is 3. The fourth-order valence-corrected chi connectivity index (χ4v) is 2.28. The molecule has 0 saturated carbocycles. The maximum atomic E-state index is 12.0. The summed E-state index contributed by atoms with van der Waals surface area (Å²) in [6, 6.07) is 0.113. The van der Waals surface area contributed by atoms with E-state index in [2.05, 4.69) is 6.92 Å². The summed E-state index contributed by atoms with van der Waals surface area (Å²) in [5.74, 6) is 0.253. The van der Waals surface area contributed by atoms with Crippen LogP contribution in [0, 0.1) is 0 Å². The van der Waals surface area contributed by atoms with Crippen LogP contribution in [0.1, 0.15) is 52.4 Å². The van der Waals surface area contributed by atoms with Crippen LogP contribution in [0.3, 0.4) is 0 Å². The molecule has 0 aromatic carbocycles. The summed E-state index contributed by atoms with van der Waals surface area (Å²) in [5, 5.41) is 0. The lowest BCUT2D eigenvalue weighted by Gasteiger charge is -2.21. The Labute approximate surface area is 123 Å². The van der Waals surface area contributed by atoms with E-state index in [0.717, 1.165) is 51.8 Å². The summed E-state index contributed by atoms with van der Waals surface area (Å²) in [5.41, 5.74) is 5.69. The molecular weight excluding hydrogens is 264 g/mol. The first-order valence-electron chi connectivity index (χ1n) is 7.28. The number of carbonyl (C=O) groups is 1. The molecular formula is C14H29ClN2O2. The normalized spacial score (nSPS) is 21.4. The van der Waals surface area contributed by atoms with Crippen molar-refractivity contribution in [2.24, 2.45) is 5.73 Å².